The van der Waals surface area contributed by atoms with Gasteiger partial charge in [-0.3, -0.25) is 0 Å². The molecule has 0 saturated heterocycles. The standard InChI is InChI=1S/C18H18O4S/c1-2-3-12-22-18(19)16-9-7-8-15(13-16)14-23(20,21)17-10-5-4-6-11-17/h2-11,13H,12,14H2,1H3/b3-2+. The monoisotopic (exact) mass is 330 g/mol. The van der Waals surface area contributed by atoms with Crippen LogP contribution in [0, 0.1) is 0 Å². The van der Waals surface area contributed by atoms with Crippen LogP contribution in [0.25, 0.3) is 0 Å². The van der Waals surface area contributed by atoms with E-state index in [1.807, 2.05) is 6.92 Å². The van der Waals surface area contributed by atoms with Crippen LogP contribution in [0.1, 0.15) is 22.8 Å². The molecule has 2 aromatic rings. The molecular weight excluding hydrogens is 312 g/mol. The average molecular weight is 330 g/mol. The highest BCUT2D eigenvalue weighted by Gasteiger charge is 2.16. The number of hydrogen-bond acceptors (Lipinski definition) is 4. The summed E-state index contributed by atoms with van der Waals surface area (Å²) in [5, 5.41) is 0. The summed E-state index contributed by atoms with van der Waals surface area (Å²) in [6.45, 7) is 2.03. The molecule has 120 valence electrons. The maximum atomic E-state index is 12.4. The fraction of sp³-hybridized carbons (Fsp3) is 0.167. The normalized spacial score (nSPS) is 11.5. The van der Waals surface area contributed by atoms with Crippen LogP contribution in [0.15, 0.2) is 71.6 Å². The van der Waals surface area contributed by atoms with Crippen LogP contribution in [-0.4, -0.2) is 21.0 Å². The summed E-state index contributed by atoms with van der Waals surface area (Å²) in [5.41, 5.74) is 0.893. The second kappa shape index (κ2) is 7.74. The molecule has 23 heavy (non-hydrogen) atoms. The summed E-state index contributed by atoms with van der Waals surface area (Å²) in [4.78, 5) is 12.2. The Morgan fingerprint density at radius 2 is 1.83 bits per heavy atom. The highest BCUT2D eigenvalue weighted by Crippen LogP contribution is 2.17. The summed E-state index contributed by atoms with van der Waals surface area (Å²) < 4.78 is 29.8. The molecule has 0 saturated carbocycles. The number of allylic oxidation sites excluding steroid dienone is 1. The van der Waals surface area contributed by atoms with Gasteiger partial charge in [-0.05, 0) is 36.8 Å². The summed E-state index contributed by atoms with van der Waals surface area (Å²) in [6.07, 6.45) is 3.51. The maximum absolute atomic E-state index is 12.4. The minimum atomic E-state index is -3.44. The second-order valence-corrected chi connectivity index (χ2v) is 6.93. The van der Waals surface area contributed by atoms with Gasteiger partial charge < -0.3 is 4.74 Å². The Hall–Kier alpha value is -2.40. The van der Waals surface area contributed by atoms with Crippen LogP contribution in [0.5, 0.6) is 0 Å². The summed E-state index contributed by atoms with van der Waals surface area (Å²) >= 11 is 0. The number of hydrogen-bond donors (Lipinski definition) is 0. The molecule has 0 amide bonds. The van der Waals surface area contributed by atoms with Gasteiger partial charge in [0.25, 0.3) is 0 Å². The van der Waals surface area contributed by atoms with E-state index in [1.165, 1.54) is 0 Å². The quantitative estimate of drug-likeness (QED) is 0.602. The summed E-state index contributed by atoms with van der Waals surface area (Å²) in [6, 6.07) is 14.7. The fourth-order valence-electron chi connectivity index (χ4n) is 2.02. The Kier molecular flexibility index (Phi) is 5.71. The van der Waals surface area contributed by atoms with Crippen LogP contribution in [-0.2, 0) is 20.3 Å². The lowest BCUT2D eigenvalue weighted by molar-refractivity contribution is 0.0549. The Bertz CT molecular complexity index is 793. The van der Waals surface area contributed by atoms with E-state index in [-0.39, 0.29) is 17.3 Å². The van der Waals surface area contributed by atoms with Gasteiger partial charge in [-0.1, -0.05) is 42.5 Å². The molecule has 0 radical (unpaired) electrons. The van der Waals surface area contributed by atoms with Crippen molar-refractivity contribution in [2.45, 2.75) is 17.6 Å². The van der Waals surface area contributed by atoms with Crippen molar-refractivity contribution in [1.29, 1.82) is 0 Å². The zero-order valence-electron chi connectivity index (χ0n) is 12.8. The van der Waals surface area contributed by atoms with Crippen LogP contribution >= 0.6 is 0 Å². The number of sulfone groups is 1. The SMILES string of the molecule is C/C=C/COC(=O)c1cccc(CS(=O)(=O)c2ccccc2)c1. The van der Waals surface area contributed by atoms with Crippen molar-refractivity contribution < 1.29 is 17.9 Å². The van der Waals surface area contributed by atoms with Crippen molar-refractivity contribution in [2.24, 2.45) is 0 Å². The minimum absolute atomic E-state index is 0.160. The van der Waals surface area contributed by atoms with E-state index in [1.54, 1.807) is 66.7 Å². The van der Waals surface area contributed by atoms with Gasteiger partial charge in [0.05, 0.1) is 16.2 Å². The lowest BCUT2D eigenvalue weighted by atomic mass is 10.1. The molecule has 2 rings (SSSR count). The van der Waals surface area contributed by atoms with Crippen LogP contribution < -0.4 is 0 Å². The highest BCUT2D eigenvalue weighted by atomic mass is 32.2. The zero-order chi connectivity index (χ0) is 16.7. The molecule has 5 heteroatoms. The van der Waals surface area contributed by atoms with Crippen LogP contribution in [0.2, 0.25) is 0 Å². The molecule has 0 aromatic heterocycles. The largest absolute Gasteiger partial charge is 0.458 e. The molecule has 0 aliphatic rings. The lowest BCUT2D eigenvalue weighted by Crippen LogP contribution is -2.08. The van der Waals surface area contributed by atoms with Crippen molar-refractivity contribution in [1.82, 2.24) is 0 Å². The van der Waals surface area contributed by atoms with Gasteiger partial charge in [0, 0.05) is 0 Å². The van der Waals surface area contributed by atoms with Gasteiger partial charge in [0.2, 0.25) is 0 Å². The average Bonchev–Trinajstić information content (AvgIpc) is 2.55. The molecule has 0 bridgehead atoms. The summed E-state index contributed by atoms with van der Waals surface area (Å²) in [5.74, 6) is -0.630. The first-order chi connectivity index (χ1) is 11.0. The molecule has 0 N–H and O–H groups in total. The number of carbonyl (C=O) groups is 1. The van der Waals surface area contributed by atoms with Gasteiger partial charge in [0.1, 0.15) is 6.61 Å². The molecule has 0 spiro atoms. The third-order valence-corrected chi connectivity index (χ3v) is 4.87. The van der Waals surface area contributed by atoms with E-state index in [9.17, 15) is 13.2 Å². The van der Waals surface area contributed by atoms with Crippen molar-refractivity contribution in [2.75, 3.05) is 6.61 Å². The maximum Gasteiger partial charge on any atom is 0.338 e. The number of carbonyl (C=O) groups excluding carboxylic acids is 1. The van der Waals surface area contributed by atoms with Crippen molar-refractivity contribution in [3.63, 3.8) is 0 Å². The molecule has 0 heterocycles. The van der Waals surface area contributed by atoms with Gasteiger partial charge in [0.15, 0.2) is 9.84 Å². The number of benzene rings is 2. The molecule has 4 nitrogen and oxygen atoms in total. The fourth-order valence-corrected chi connectivity index (χ4v) is 3.38. The molecule has 2 aromatic carbocycles. The number of esters is 1. The van der Waals surface area contributed by atoms with Gasteiger partial charge in [-0.2, -0.15) is 0 Å². The van der Waals surface area contributed by atoms with E-state index in [4.69, 9.17) is 4.74 Å². The van der Waals surface area contributed by atoms with E-state index >= 15 is 0 Å². The lowest BCUT2D eigenvalue weighted by Gasteiger charge is -2.07. The predicted octanol–water partition coefficient (Wildman–Crippen LogP) is 3.39. The van der Waals surface area contributed by atoms with Gasteiger partial charge in [-0.25, -0.2) is 13.2 Å². The number of ether oxygens (including phenoxy) is 1. The van der Waals surface area contributed by atoms with Gasteiger partial charge in [-0.15, -0.1) is 0 Å². The molecular formula is C18H18O4S. The zero-order valence-corrected chi connectivity index (χ0v) is 13.6. The van der Waals surface area contributed by atoms with Crippen molar-refractivity contribution >= 4 is 15.8 Å². The molecule has 0 unspecified atom stereocenters. The van der Waals surface area contributed by atoms with E-state index in [0.29, 0.717) is 11.1 Å². The van der Waals surface area contributed by atoms with Gasteiger partial charge >= 0.3 is 5.97 Å². The van der Waals surface area contributed by atoms with Crippen LogP contribution in [0.4, 0.5) is 0 Å². The predicted molar refractivity (Wildman–Crippen MR) is 88.9 cm³/mol. The van der Waals surface area contributed by atoms with Crippen molar-refractivity contribution in [3.8, 4) is 0 Å². The smallest absolute Gasteiger partial charge is 0.338 e. The Morgan fingerprint density at radius 1 is 1.09 bits per heavy atom. The highest BCUT2D eigenvalue weighted by molar-refractivity contribution is 7.90. The molecule has 0 aliphatic heterocycles. The van der Waals surface area contributed by atoms with Crippen molar-refractivity contribution in [3.05, 3.63) is 77.9 Å². The number of rotatable bonds is 6. The molecule has 0 aliphatic carbocycles. The first-order valence-electron chi connectivity index (χ1n) is 7.18. The topological polar surface area (TPSA) is 60.4 Å². The second-order valence-electron chi connectivity index (χ2n) is 4.94. The Morgan fingerprint density at radius 3 is 2.52 bits per heavy atom. The summed E-state index contributed by atoms with van der Waals surface area (Å²) in [7, 11) is -3.44. The third kappa shape index (κ3) is 4.79. The molecule has 0 atom stereocenters. The van der Waals surface area contributed by atoms with E-state index < -0.39 is 15.8 Å². The van der Waals surface area contributed by atoms with Crippen LogP contribution in [0.3, 0.4) is 0 Å². The van der Waals surface area contributed by atoms with E-state index in [2.05, 4.69) is 0 Å². The first-order valence-corrected chi connectivity index (χ1v) is 8.83. The minimum Gasteiger partial charge on any atom is -0.458 e. The van der Waals surface area contributed by atoms with E-state index in [0.717, 1.165) is 0 Å². The third-order valence-electron chi connectivity index (χ3n) is 3.17. The first kappa shape index (κ1) is 17.0. The molecule has 0 fully saturated rings. The Balaban J connectivity index is 2.16. The Labute approximate surface area is 136 Å².